The van der Waals surface area contributed by atoms with Gasteiger partial charge in [0.1, 0.15) is 5.75 Å². The molecule has 1 atom stereocenters. The quantitative estimate of drug-likeness (QED) is 0.801. The highest BCUT2D eigenvalue weighted by atomic mass is 16.3. The molecule has 25 heavy (non-hydrogen) atoms. The Hall–Kier alpha value is -3.02. The van der Waals surface area contributed by atoms with Crippen LogP contribution in [-0.4, -0.2) is 29.0 Å². The van der Waals surface area contributed by atoms with Gasteiger partial charge in [-0.25, -0.2) is 4.79 Å². The van der Waals surface area contributed by atoms with Gasteiger partial charge in [-0.15, -0.1) is 0 Å². The van der Waals surface area contributed by atoms with E-state index in [0.29, 0.717) is 18.5 Å². The summed E-state index contributed by atoms with van der Waals surface area (Å²) in [4.78, 5) is 25.4. The normalized spacial score (nSPS) is 13.8. The highest BCUT2D eigenvalue weighted by Gasteiger charge is 2.20. The van der Waals surface area contributed by atoms with Crippen molar-refractivity contribution in [3.8, 4) is 5.75 Å². The van der Waals surface area contributed by atoms with Crippen LogP contribution in [-0.2, 0) is 17.8 Å². The fourth-order valence-corrected chi connectivity index (χ4v) is 2.87. The largest absolute Gasteiger partial charge is 0.508 e. The van der Waals surface area contributed by atoms with Gasteiger partial charge in [0, 0.05) is 18.3 Å². The number of aromatic hydroxyl groups is 1. The van der Waals surface area contributed by atoms with Gasteiger partial charge in [0.05, 0.1) is 19.0 Å². The SMILES string of the molecule is C[C@H](NC(=O)N(C)Cc1ccccc1O)c1ccc2c(c1)CC(=O)N2. The van der Waals surface area contributed by atoms with Crippen molar-refractivity contribution in [2.45, 2.75) is 25.9 Å². The van der Waals surface area contributed by atoms with Gasteiger partial charge in [-0.05, 0) is 30.2 Å². The van der Waals surface area contributed by atoms with E-state index in [-0.39, 0.29) is 23.7 Å². The van der Waals surface area contributed by atoms with Crippen molar-refractivity contribution in [2.75, 3.05) is 12.4 Å². The summed E-state index contributed by atoms with van der Waals surface area (Å²) in [5.74, 6) is 0.164. The summed E-state index contributed by atoms with van der Waals surface area (Å²) >= 11 is 0. The Morgan fingerprint density at radius 3 is 2.84 bits per heavy atom. The van der Waals surface area contributed by atoms with Crippen LogP contribution in [0.15, 0.2) is 42.5 Å². The molecule has 0 saturated heterocycles. The lowest BCUT2D eigenvalue weighted by atomic mass is 10.0. The van der Waals surface area contributed by atoms with Crippen LogP contribution in [0.5, 0.6) is 5.75 Å². The number of hydrogen-bond acceptors (Lipinski definition) is 3. The van der Waals surface area contributed by atoms with Gasteiger partial charge in [0.2, 0.25) is 5.91 Å². The van der Waals surface area contributed by atoms with Crippen molar-refractivity contribution in [1.82, 2.24) is 10.2 Å². The molecule has 2 aromatic rings. The van der Waals surface area contributed by atoms with Crippen LogP contribution in [0.2, 0.25) is 0 Å². The number of carbonyl (C=O) groups excluding carboxylic acids is 2. The second-order valence-corrected chi connectivity index (χ2v) is 6.30. The third kappa shape index (κ3) is 3.74. The molecule has 0 saturated carbocycles. The summed E-state index contributed by atoms with van der Waals surface area (Å²) in [5.41, 5.74) is 3.42. The molecule has 2 aromatic carbocycles. The number of carbonyl (C=O) groups is 2. The van der Waals surface area contributed by atoms with E-state index >= 15 is 0 Å². The van der Waals surface area contributed by atoms with Gasteiger partial charge in [-0.1, -0.05) is 30.3 Å². The maximum atomic E-state index is 12.4. The van der Waals surface area contributed by atoms with Crippen LogP contribution in [0.3, 0.4) is 0 Å². The number of hydrogen-bond donors (Lipinski definition) is 3. The second-order valence-electron chi connectivity index (χ2n) is 6.30. The van der Waals surface area contributed by atoms with E-state index in [2.05, 4.69) is 10.6 Å². The number of anilines is 1. The number of amides is 3. The Bertz CT molecular complexity index is 819. The van der Waals surface area contributed by atoms with Crippen molar-refractivity contribution in [2.24, 2.45) is 0 Å². The highest BCUT2D eigenvalue weighted by molar-refractivity contribution is 5.99. The Morgan fingerprint density at radius 1 is 1.32 bits per heavy atom. The number of benzene rings is 2. The Labute approximate surface area is 146 Å². The molecule has 0 radical (unpaired) electrons. The molecule has 0 aromatic heterocycles. The number of rotatable bonds is 4. The van der Waals surface area contributed by atoms with Gasteiger partial charge in [-0.3, -0.25) is 4.79 Å². The first-order chi connectivity index (χ1) is 11.9. The van der Waals surface area contributed by atoms with E-state index in [1.165, 1.54) is 4.90 Å². The minimum absolute atomic E-state index is 0.00811. The molecule has 0 fully saturated rings. The van der Waals surface area contributed by atoms with Crippen molar-refractivity contribution in [1.29, 1.82) is 0 Å². The zero-order chi connectivity index (χ0) is 18.0. The van der Waals surface area contributed by atoms with Crippen LogP contribution in [0.1, 0.15) is 29.7 Å². The van der Waals surface area contributed by atoms with Crippen molar-refractivity contribution >= 4 is 17.6 Å². The molecule has 1 aliphatic rings. The summed E-state index contributed by atoms with van der Waals surface area (Å²) in [5, 5.41) is 15.6. The Kier molecular flexibility index (Phi) is 4.61. The molecule has 1 aliphatic heterocycles. The number of phenolic OH excluding ortho intramolecular Hbond substituents is 1. The number of urea groups is 1. The van der Waals surface area contributed by atoms with E-state index in [4.69, 9.17) is 0 Å². The number of fused-ring (bicyclic) bond motifs is 1. The van der Waals surface area contributed by atoms with Gasteiger partial charge in [0.15, 0.2) is 0 Å². The number of phenols is 1. The smallest absolute Gasteiger partial charge is 0.317 e. The van der Waals surface area contributed by atoms with Gasteiger partial charge in [0.25, 0.3) is 0 Å². The average molecular weight is 339 g/mol. The summed E-state index contributed by atoms with van der Waals surface area (Å²) in [6, 6.07) is 12.2. The van der Waals surface area contributed by atoms with E-state index in [1.54, 1.807) is 25.2 Å². The lowest BCUT2D eigenvalue weighted by molar-refractivity contribution is -0.115. The van der Waals surface area contributed by atoms with Gasteiger partial charge in [-0.2, -0.15) is 0 Å². The van der Waals surface area contributed by atoms with Crippen LogP contribution in [0.4, 0.5) is 10.5 Å². The summed E-state index contributed by atoms with van der Waals surface area (Å²) < 4.78 is 0. The van der Waals surface area contributed by atoms with Crippen LogP contribution < -0.4 is 10.6 Å². The molecule has 0 bridgehead atoms. The van der Waals surface area contributed by atoms with Crippen molar-refractivity contribution < 1.29 is 14.7 Å². The third-order valence-electron chi connectivity index (χ3n) is 4.34. The minimum Gasteiger partial charge on any atom is -0.508 e. The highest BCUT2D eigenvalue weighted by Crippen LogP contribution is 2.26. The molecule has 6 nitrogen and oxygen atoms in total. The molecular weight excluding hydrogens is 318 g/mol. The maximum absolute atomic E-state index is 12.4. The first kappa shape index (κ1) is 16.8. The van der Waals surface area contributed by atoms with E-state index in [0.717, 1.165) is 16.8 Å². The molecule has 3 N–H and O–H groups in total. The summed E-state index contributed by atoms with van der Waals surface area (Å²) in [7, 11) is 1.68. The van der Waals surface area contributed by atoms with Crippen LogP contribution in [0.25, 0.3) is 0 Å². The predicted octanol–water partition coefficient (Wildman–Crippen LogP) is 2.79. The zero-order valence-corrected chi connectivity index (χ0v) is 14.2. The Balaban J connectivity index is 1.63. The molecule has 0 unspecified atom stereocenters. The summed E-state index contributed by atoms with van der Waals surface area (Å²) in [6.07, 6.45) is 0.372. The predicted molar refractivity (Wildman–Crippen MR) is 95.3 cm³/mol. The monoisotopic (exact) mass is 339 g/mol. The molecule has 0 spiro atoms. The Morgan fingerprint density at radius 2 is 2.08 bits per heavy atom. The fourth-order valence-electron chi connectivity index (χ4n) is 2.87. The lowest BCUT2D eigenvalue weighted by Gasteiger charge is -2.22. The molecule has 0 aliphatic carbocycles. The third-order valence-corrected chi connectivity index (χ3v) is 4.34. The molecule has 130 valence electrons. The fraction of sp³-hybridized carbons (Fsp3) is 0.263. The first-order valence-electron chi connectivity index (χ1n) is 8.15. The number of para-hydroxylation sites is 1. The van der Waals surface area contributed by atoms with Gasteiger partial charge >= 0.3 is 6.03 Å². The van der Waals surface area contributed by atoms with Crippen LogP contribution >= 0.6 is 0 Å². The zero-order valence-electron chi connectivity index (χ0n) is 14.2. The van der Waals surface area contributed by atoms with Crippen molar-refractivity contribution in [3.05, 3.63) is 59.2 Å². The average Bonchev–Trinajstić information content (AvgIpc) is 2.95. The second kappa shape index (κ2) is 6.84. The maximum Gasteiger partial charge on any atom is 0.317 e. The molecular formula is C19H21N3O3. The minimum atomic E-state index is -0.231. The van der Waals surface area contributed by atoms with E-state index in [1.807, 2.05) is 31.2 Å². The topological polar surface area (TPSA) is 81.7 Å². The first-order valence-corrected chi connectivity index (χ1v) is 8.15. The lowest BCUT2D eigenvalue weighted by Crippen LogP contribution is -2.38. The molecule has 6 heteroatoms. The number of nitrogens with zero attached hydrogens (tertiary/aromatic N) is 1. The number of nitrogens with one attached hydrogen (secondary N) is 2. The molecule has 3 amide bonds. The van der Waals surface area contributed by atoms with Crippen LogP contribution in [0, 0.1) is 0 Å². The standard InChI is InChI=1S/C19H21N3O3/c1-12(13-7-8-16-15(9-13)10-18(24)21-16)20-19(25)22(2)11-14-5-3-4-6-17(14)23/h3-9,12,23H,10-11H2,1-2H3,(H,20,25)(H,21,24)/t12-/m0/s1. The van der Waals surface area contributed by atoms with Gasteiger partial charge < -0.3 is 20.6 Å². The van der Waals surface area contributed by atoms with Crippen molar-refractivity contribution in [3.63, 3.8) is 0 Å². The molecule has 3 rings (SSSR count). The summed E-state index contributed by atoms with van der Waals surface area (Å²) in [6.45, 7) is 2.21. The molecule has 1 heterocycles. The van der Waals surface area contributed by atoms with E-state index in [9.17, 15) is 14.7 Å². The van der Waals surface area contributed by atoms with E-state index < -0.39 is 0 Å².